The van der Waals surface area contributed by atoms with Crippen molar-refractivity contribution in [3.63, 3.8) is 0 Å². The molecule has 0 saturated heterocycles. The van der Waals surface area contributed by atoms with Gasteiger partial charge in [0.05, 0.1) is 22.7 Å². The Kier molecular flexibility index (Phi) is 6.79. The van der Waals surface area contributed by atoms with E-state index in [1.54, 1.807) is 28.8 Å². The number of hydrogen-bond acceptors (Lipinski definition) is 4. The number of para-hydroxylation sites is 2. The van der Waals surface area contributed by atoms with Gasteiger partial charge in [-0.15, -0.1) is 0 Å². The molecule has 1 amide bonds. The van der Waals surface area contributed by atoms with E-state index in [4.69, 9.17) is 10.00 Å². The minimum Gasteiger partial charge on any atom is -0.489 e. The first-order chi connectivity index (χ1) is 16.5. The first-order valence-corrected chi connectivity index (χ1v) is 11.2. The number of hydrogen-bond donors (Lipinski definition) is 1. The van der Waals surface area contributed by atoms with Crippen LogP contribution < -0.4 is 15.7 Å². The number of nitrogens with one attached hydrogen (secondary N) is 1. The summed E-state index contributed by atoms with van der Waals surface area (Å²) in [6.07, 6.45) is 0.831. The summed E-state index contributed by atoms with van der Waals surface area (Å²) in [6, 6.07) is 22.3. The Balaban J connectivity index is 1.45. The number of fused-ring (bicyclic) bond motifs is 1. The summed E-state index contributed by atoms with van der Waals surface area (Å²) in [4.78, 5) is 25.7. The molecule has 7 heteroatoms. The number of rotatable bonds is 8. The van der Waals surface area contributed by atoms with Crippen LogP contribution in [0.15, 0.2) is 71.5 Å². The lowest BCUT2D eigenvalue weighted by Gasteiger charge is -2.12. The van der Waals surface area contributed by atoms with Crippen LogP contribution in [0.2, 0.25) is 0 Å². The molecular weight excluding hydrogens is 428 g/mol. The molecule has 4 aromatic rings. The molecule has 0 saturated carbocycles. The van der Waals surface area contributed by atoms with E-state index >= 15 is 0 Å². The maximum Gasteiger partial charge on any atom is 0.329 e. The molecule has 172 valence electrons. The van der Waals surface area contributed by atoms with Gasteiger partial charge in [0.15, 0.2) is 0 Å². The van der Waals surface area contributed by atoms with Gasteiger partial charge in [-0.3, -0.25) is 13.9 Å². The van der Waals surface area contributed by atoms with Gasteiger partial charge in [-0.05, 0) is 66.9 Å². The molecule has 0 unspecified atom stereocenters. The second-order valence-corrected chi connectivity index (χ2v) is 8.13. The lowest BCUT2D eigenvalue weighted by atomic mass is 10.1. The molecule has 1 heterocycles. The molecule has 0 radical (unpaired) electrons. The van der Waals surface area contributed by atoms with Crippen LogP contribution in [0.3, 0.4) is 0 Å². The van der Waals surface area contributed by atoms with Gasteiger partial charge < -0.3 is 10.1 Å². The van der Waals surface area contributed by atoms with Crippen molar-refractivity contribution in [3.8, 4) is 11.8 Å². The number of aryl methyl sites for hydroxylation is 2. The van der Waals surface area contributed by atoms with Crippen molar-refractivity contribution in [2.75, 3.05) is 5.32 Å². The third kappa shape index (κ3) is 4.86. The fourth-order valence-corrected chi connectivity index (χ4v) is 3.96. The zero-order valence-corrected chi connectivity index (χ0v) is 19.2. The van der Waals surface area contributed by atoms with Crippen molar-refractivity contribution in [2.24, 2.45) is 0 Å². The van der Waals surface area contributed by atoms with Crippen molar-refractivity contribution >= 4 is 22.6 Å². The van der Waals surface area contributed by atoms with Gasteiger partial charge in [0, 0.05) is 12.2 Å². The molecule has 0 spiro atoms. The number of aromatic nitrogens is 2. The molecule has 3 aromatic carbocycles. The average Bonchev–Trinajstić information content (AvgIpc) is 3.10. The van der Waals surface area contributed by atoms with Crippen LogP contribution in [0.4, 0.5) is 5.69 Å². The maximum atomic E-state index is 12.9. The highest BCUT2D eigenvalue weighted by molar-refractivity contribution is 5.92. The second kappa shape index (κ2) is 10.1. The Morgan fingerprint density at radius 2 is 1.79 bits per heavy atom. The lowest BCUT2D eigenvalue weighted by Crippen LogP contribution is -2.29. The van der Waals surface area contributed by atoms with Crippen LogP contribution in [0, 0.1) is 18.3 Å². The number of nitrogens with zero attached hydrogens (tertiary/aromatic N) is 3. The molecule has 1 N–H and O–H groups in total. The first kappa shape index (κ1) is 22.9. The zero-order valence-electron chi connectivity index (χ0n) is 19.2. The Labute approximate surface area is 197 Å². The van der Waals surface area contributed by atoms with Gasteiger partial charge in [0.1, 0.15) is 18.9 Å². The summed E-state index contributed by atoms with van der Waals surface area (Å²) in [5.41, 5.74) is 4.40. The Hall–Kier alpha value is -4.31. The summed E-state index contributed by atoms with van der Waals surface area (Å²) in [5, 5.41) is 11.9. The fraction of sp³-hybridized carbons (Fsp3) is 0.222. The third-order valence-corrected chi connectivity index (χ3v) is 5.61. The van der Waals surface area contributed by atoms with Gasteiger partial charge in [-0.1, -0.05) is 31.2 Å². The molecular formula is C27H26N4O3. The molecule has 0 aliphatic heterocycles. The monoisotopic (exact) mass is 454 g/mol. The fourth-order valence-electron chi connectivity index (χ4n) is 3.96. The van der Waals surface area contributed by atoms with Crippen LogP contribution >= 0.6 is 0 Å². The number of nitriles is 1. The number of amides is 1. The standard InChI is InChI=1S/C27H26N4O3/c1-3-13-30-24-9-4-5-10-25(24)31(27(30)33)17-26(32)29-23-12-11-22(14-19(23)2)34-18-21-8-6-7-20(15-21)16-28/h4-12,14-15H,3,13,17-18H2,1-2H3,(H,29,32). The summed E-state index contributed by atoms with van der Waals surface area (Å²) in [5.74, 6) is 0.392. The van der Waals surface area contributed by atoms with E-state index in [1.165, 1.54) is 4.57 Å². The molecule has 0 fully saturated rings. The van der Waals surface area contributed by atoms with Crippen LogP contribution in [-0.4, -0.2) is 15.0 Å². The van der Waals surface area contributed by atoms with Crippen molar-refractivity contribution in [3.05, 3.63) is 93.9 Å². The van der Waals surface area contributed by atoms with Crippen molar-refractivity contribution in [1.29, 1.82) is 5.26 Å². The summed E-state index contributed by atoms with van der Waals surface area (Å²) in [7, 11) is 0. The molecule has 0 bridgehead atoms. The van der Waals surface area contributed by atoms with Crippen molar-refractivity contribution < 1.29 is 9.53 Å². The topological polar surface area (TPSA) is 89.1 Å². The van der Waals surface area contributed by atoms with Crippen LogP contribution in [0.25, 0.3) is 11.0 Å². The Morgan fingerprint density at radius 3 is 2.50 bits per heavy atom. The highest BCUT2D eigenvalue weighted by atomic mass is 16.5. The van der Waals surface area contributed by atoms with Gasteiger partial charge in [-0.2, -0.15) is 5.26 Å². The average molecular weight is 455 g/mol. The third-order valence-electron chi connectivity index (χ3n) is 5.61. The van der Waals surface area contributed by atoms with Gasteiger partial charge in [0.25, 0.3) is 0 Å². The highest BCUT2D eigenvalue weighted by Gasteiger charge is 2.15. The quantitative estimate of drug-likeness (QED) is 0.421. The van der Waals surface area contributed by atoms with E-state index in [-0.39, 0.29) is 18.1 Å². The predicted molar refractivity (Wildman–Crippen MR) is 132 cm³/mol. The van der Waals surface area contributed by atoms with E-state index in [9.17, 15) is 9.59 Å². The SMILES string of the molecule is CCCn1c(=O)n(CC(=O)Nc2ccc(OCc3cccc(C#N)c3)cc2C)c2ccccc21. The van der Waals surface area contributed by atoms with Gasteiger partial charge in [-0.25, -0.2) is 4.79 Å². The minimum atomic E-state index is -0.272. The van der Waals surface area contributed by atoms with E-state index in [0.29, 0.717) is 30.2 Å². The van der Waals surface area contributed by atoms with E-state index in [0.717, 1.165) is 28.6 Å². The summed E-state index contributed by atoms with van der Waals surface area (Å²) in [6.45, 7) is 4.78. The number of carbonyl (C=O) groups excluding carboxylic acids is 1. The molecule has 1 aromatic heterocycles. The van der Waals surface area contributed by atoms with E-state index in [2.05, 4.69) is 11.4 Å². The normalized spacial score (nSPS) is 10.7. The smallest absolute Gasteiger partial charge is 0.329 e. The largest absolute Gasteiger partial charge is 0.489 e. The second-order valence-electron chi connectivity index (χ2n) is 8.13. The van der Waals surface area contributed by atoms with Gasteiger partial charge >= 0.3 is 5.69 Å². The predicted octanol–water partition coefficient (Wildman–Crippen LogP) is 4.61. The van der Waals surface area contributed by atoms with Gasteiger partial charge in [0.2, 0.25) is 5.91 Å². The lowest BCUT2D eigenvalue weighted by molar-refractivity contribution is -0.116. The number of imidazole rings is 1. The maximum absolute atomic E-state index is 12.9. The molecule has 0 aliphatic rings. The Bertz CT molecular complexity index is 1440. The van der Waals surface area contributed by atoms with Crippen molar-refractivity contribution in [2.45, 2.75) is 40.0 Å². The highest BCUT2D eigenvalue weighted by Crippen LogP contribution is 2.23. The molecule has 7 nitrogen and oxygen atoms in total. The van der Waals surface area contributed by atoms with E-state index in [1.807, 2.05) is 56.3 Å². The molecule has 4 rings (SSSR count). The number of carbonyl (C=O) groups is 1. The van der Waals surface area contributed by atoms with Crippen LogP contribution in [0.1, 0.15) is 30.0 Å². The Morgan fingerprint density at radius 1 is 1.03 bits per heavy atom. The van der Waals surface area contributed by atoms with Crippen LogP contribution in [0.5, 0.6) is 5.75 Å². The number of anilines is 1. The first-order valence-electron chi connectivity index (χ1n) is 11.2. The molecule has 0 aliphatic carbocycles. The number of ether oxygens (including phenoxy) is 1. The number of benzene rings is 3. The van der Waals surface area contributed by atoms with E-state index < -0.39 is 0 Å². The summed E-state index contributed by atoms with van der Waals surface area (Å²) < 4.78 is 9.08. The molecule has 34 heavy (non-hydrogen) atoms. The zero-order chi connectivity index (χ0) is 24.1. The summed E-state index contributed by atoms with van der Waals surface area (Å²) >= 11 is 0. The van der Waals surface area contributed by atoms with Crippen molar-refractivity contribution in [1.82, 2.24) is 9.13 Å². The molecule has 0 atom stereocenters. The minimum absolute atomic E-state index is 0.0665. The van der Waals surface area contributed by atoms with Crippen LogP contribution in [-0.2, 0) is 24.5 Å².